The first-order valence-corrected chi connectivity index (χ1v) is 12.0. The van der Waals surface area contributed by atoms with Crippen molar-refractivity contribution in [2.24, 2.45) is 0 Å². The molecule has 0 spiro atoms. The number of benzene rings is 3. The van der Waals surface area contributed by atoms with Gasteiger partial charge in [-0.2, -0.15) is 0 Å². The molecule has 3 aromatic rings. The molecule has 1 unspecified atom stereocenters. The number of likely N-dealkylation sites (tertiary alicyclic amines) is 1. The first kappa shape index (κ1) is 23.9. The summed E-state index contributed by atoms with van der Waals surface area (Å²) in [6, 6.07) is 23.6. The summed E-state index contributed by atoms with van der Waals surface area (Å²) in [5, 5.41) is 0. The Kier molecular flexibility index (Phi) is 6.43. The molecule has 7 nitrogen and oxygen atoms in total. The van der Waals surface area contributed by atoms with E-state index in [0.717, 1.165) is 11.1 Å². The van der Waals surface area contributed by atoms with Gasteiger partial charge >= 0.3 is 0 Å². The molecule has 1 saturated heterocycles. The van der Waals surface area contributed by atoms with Crippen molar-refractivity contribution in [2.45, 2.75) is 24.7 Å². The zero-order chi connectivity index (χ0) is 25.3. The normalized spacial score (nSPS) is 18.9. The fraction of sp³-hybridized carbons (Fsp3) is 0.276. The lowest BCUT2D eigenvalue weighted by atomic mass is 9.93. The summed E-state index contributed by atoms with van der Waals surface area (Å²) in [7, 11) is 3.13. The maximum absolute atomic E-state index is 14.1. The number of imide groups is 1. The van der Waals surface area contributed by atoms with Crippen LogP contribution in [0.3, 0.4) is 0 Å². The summed E-state index contributed by atoms with van der Waals surface area (Å²) in [5.41, 5.74) is 3.08. The van der Waals surface area contributed by atoms with Gasteiger partial charge in [-0.25, -0.2) is 0 Å². The van der Waals surface area contributed by atoms with Crippen molar-refractivity contribution in [2.75, 3.05) is 27.3 Å². The van der Waals surface area contributed by atoms with Crippen LogP contribution in [-0.2, 0) is 9.47 Å². The number of nitrogens with zero attached hydrogens (tertiary/aromatic N) is 2. The van der Waals surface area contributed by atoms with Crippen LogP contribution in [0, 0.1) is 0 Å². The van der Waals surface area contributed by atoms with E-state index in [1.165, 1.54) is 4.90 Å². The Morgan fingerprint density at radius 1 is 0.833 bits per heavy atom. The van der Waals surface area contributed by atoms with Crippen LogP contribution in [-0.4, -0.2) is 66.7 Å². The molecule has 1 fully saturated rings. The number of hydrogen-bond donors (Lipinski definition) is 0. The minimum atomic E-state index is -0.962. The fourth-order valence-corrected chi connectivity index (χ4v) is 5.16. The van der Waals surface area contributed by atoms with E-state index in [2.05, 4.69) is 0 Å². The third kappa shape index (κ3) is 4.10. The van der Waals surface area contributed by atoms with Gasteiger partial charge in [0, 0.05) is 32.7 Å². The topological polar surface area (TPSA) is 76.2 Å². The molecule has 7 heteroatoms. The van der Waals surface area contributed by atoms with E-state index < -0.39 is 5.79 Å². The van der Waals surface area contributed by atoms with Gasteiger partial charge in [0.1, 0.15) is 0 Å². The number of carbonyl (C=O) groups is 3. The highest BCUT2D eigenvalue weighted by Gasteiger charge is 2.45. The molecule has 36 heavy (non-hydrogen) atoms. The van der Waals surface area contributed by atoms with Crippen molar-refractivity contribution in [3.63, 3.8) is 0 Å². The average Bonchev–Trinajstić information content (AvgIpc) is 3.18. The Bertz CT molecular complexity index is 1270. The monoisotopic (exact) mass is 484 g/mol. The molecule has 0 radical (unpaired) electrons. The Balaban J connectivity index is 1.49. The van der Waals surface area contributed by atoms with Crippen molar-refractivity contribution >= 4 is 17.7 Å². The summed E-state index contributed by atoms with van der Waals surface area (Å²) in [4.78, 5) is 43.2. The number of carbonyl (C=O) groups excluding carboxylic acids is 3. The molecule has 0 N–H and O–H groups in total. The van der Waals surface area contributed by atoms with Crippen LogP contribution < -0.4 is 0 Å². The second kappa shape index (κ2) is 9.68. The van der Waals surface area contributed by atoms with Gasteiger partial charge < -0.3 is 14.4 Å². The number of methoxy groups -OCH3 is 2. The molecular weight excluding hydrogens is 456 g/mol. The molecule has 184 valence electrons. The van der Waals surface area contributed by atoms with Crippen LogP contribution in [0.25, 0.3) is 11.1 Å². The molecule has 2 aliphatic heterocycles. The first-order chi connectivity index (χ1) is 17.5. The molecule has 0 aliphatic carbocycles. The van der Waals surface area contributed by atoms with E-state index in [9.17, 15) is 14.4 Å². The van der Waals surface area contributed by atoms with Gasteiger partial charge in [-0.3, -0.25) is 19.3 Å². The number of hydrogen-bond acceptors (Lipinski definition) is 5. The van der Waals surface area contributed by atoms with Crippen molar-refractivity contribution in [3.8, 4) is 11.1 Å². The van der Waals surface area contributed by atoms with Crippen LogP contribution in [0.15, 0.2) is 78.9 Å². The van der Waals surface area contributed by atoms with Gasteiger partial charge in [-0.05, 0) is 35.7 Å². The smallest absolute Gasteiger partial charge is 0.261 e. The van der Waals surface area contributed by atoms with Crippen LogP contribution in [0.2, 0.25) is 0 Å². The molecule has 1 atom stereocenters. The Morgan fingerprint density at radius 2 is 1.39 bits per heavy atom. The minimum Gasteiger partial charge on any atom is -0.351 e. The second-order valence-electron chi connectivity index (χ2n) is 9.12. The van der Waals surface area contributed by atoms with E-state index in [1.54, 1.807) is 49.5 Å². The third-order valence-corrected chi connectivity index (χ3v) is 7.23. The molecule has 3 amide bonds. The van der Waals surface area contributed by atoms with Gasteiger partial charge in [0.15, 0.2) is 5.79 Å². The number of piperidine rings is 1. The van der Waals surface area contributed by atoms with Gasteiger partial charge in [-0.15, -0.1) is 0 Å². The second-order valence-corrected chi connectivity index (χ2v) is 9.12. The number of amides is 3. The van der Waals surface area contributed by atoms with Crippen molar-refractivity contribution in [1.82, 2.24) is 9.80 Å². The van der Waals surface area contributed by atoms with E-state index in [-0.39, 0.29) is 36.9 Å². The Hall–Kier alpha value is -3.81. The van der Waals surface area contributed by atoms with Crippen molar-refractivity contribution in [3.05, 3.63) is 95.6 Å². The number of fused-ring (bicyclic) bond motifs is 1. The maximum Gasteiger partial charge on any atom is 0.261 e. The molecule has 0 aromatic heterocycles. The molecule has 2 aliphatic rings. The lowest BCUT2D eigenvalue weighted by Gasteiger charge is -2.46. The highest BCUT2D eigenvalue weighted by molar-refractivity contribution is 6.21. The maximum atomic E-state index is 14.1. The van der Waals surface area contributed by atoms with E-state index in [0.29, 0.717) is 29.5 Å². The average molecular weight is 485 g/mol. The predicted molar refractivity (Wildman–Crippen MR) is 134 cm³/mol. The molecule has 2 heterocycles. The van der Waals surface area contributed by atoms with Gasteiger partial charge in [0.25, 0.3) is 17.7 Å². The molecule has 5 rings (SSSR count). The van der Waals surface area contributed by atoms with Crippen LogP contribution in [0.1, 0.15) is 43.9 Å². The SMILES string of the molecule is COC1(OC)CCC(CN2C(=O)c3ccccc3C2=O)N(C(=O)c2ccccc2-c2ccccc2)C1. The predicted octanol–water partition coefficient (Wildman–Crippen LogP) is 4.24. The van der Waals surface area contributed by atoms with E-state index in [4.69, 9.17) is 9.47 Å². The summed E-state index contributed by atoms with van der Waals surface area (Å²) >= 11 is 0. The fourth-order valence-electron chi connectivity index (χ4n) is 5.16. The lowest BCUT2D eigenvalue weighted by Crippen LogP contribution is -2.59. The standard InChI is InChI=1S/C29H28N2O5/c1-35-29(36-2)17-16-21(18-30-26(32)24-14-8-9-15-25(24)27(30)33)31(19-29)28(34)23-13-7-6-12-22(23)20-10-4-3-5-11-20/h3-15,21H,16-19H2,1-2H3. The van der Waals surface area contributed by atoms with Gasteiger partial charge in [-0.1, -0.05) is 60.7 Å². The zero-order valence-corrected chi connectivity index (χ0v) is 20.3. The highest BCUT2D eigenvalue weighted by atomic mass is 16.7. The third-order valence-electron chi connectivity index (χ3n) is 7.23. The summed E-state index contributed by atoms with van der Waals surface area (Å²) in [6.45, 7) is 0.283. The van der Waals surface area contributed by atoms with Gasteiger partial charge in [0.05, 0.1) is 23.7 Å². The Morgan fingerprint density at radius 3 is 2.00 bits per heavy atom. The minimum absolute atomic E-state index is 0.106. The zero-order valence-electron chi connectivity index (χ0n) is 20.3. The molecule has 0 bridgehead atoms. The summed E-state index contributed by atoms with van der Waals surface area (Å²) < 4.78 is 11.4. The van der Waals surface area contributed by atoms with Crippen molar-refractivity contribution in [1.29, 1.82) is 0 Å². The van der Waals surface area contributed by atoms with E-state index >= 15 is 0 Å². The van der Waals surface area contributed by atoms with Crippen LogP contribution in [0.5, 0.6) is 0 Å². The number of rotatable bonds is 6. The van der Waals surface area contributed by atoms with Crippen molar-refractivity contribution < 1.29 is 23.9 Å². The molecular formula is C29H28N2O5. The van der Waals surface area contributed by atoms with Gasteiger partial charge in [0.2, 0.25) is 0 Å². The largest absolute Gasteiger partial charge is 0.351 e. The molecule has 3 aromatic carbocycles. The number of ether oxygens (including phenoxy) is 2. The summed E-state index contributed by atoms with van der Waals surface area (Å²) in [5.74, 6) is -1.82. The lowest BCUT2D eigenvalue weighted by molar-refractivity contribution is -0.233. The van der Waals surface area contributed by atoms with Crippen LogP contribution in [0.4, 0.5) is 0 Å². The highest BCUT2D eigenvalue weighted by Crippen LogP contribution is 2.34. The van der Waals surface area contributed by atoms with E-state index in [1.807, 2.05) is 48.5 Å². The molecule has 0 saturated carbocycles. The Labute approximate surface area is 210 Å². The summed E-state index contributed by atoms with van der Waals surface area (Å²) in [6.07, 6.45) is 1.03. The quantitative estimate of drug-likeness (QED) is 0.386. The van der Waals surface area contributed by atoms with Crippen LogP contribution >= 0.6 is 0 Å². The first-order valence-electron chi connectivity index (χ1n) is 12.0.